The van der Waals surface area contributed by atoms with Crippen LogP contribution in [0.2, 0.25) is 0 Å². The summed E-state index contributed by atoms with van der Waals surface area (Å²) < 4.78 is 7.28. The molecule has 0 N–H and O–H groups in total. The smallest absolute Gasteiger partial charge is 0.214 e. The van der Waals surface area contributed by atoms with Crippen LogP contribution in [0.25, 0.3) is 11.3 Å². The van der Waals surface area contributed by atoms with Gasteiger partial charge in [0.2, 0.25) is 11.6 Å². The van der Waals surface area contributed by atoms with Crippen molar-refractivity contribution in [3.63, 3.8) is 0 Å². The molecular formula is C14H17N2O+. The van der Waals surface area contributed by atoms with Crippen LogP contribution in [0.1, 0.15) is 11.3 Å². The molecule has 2 aromatic heterocycles. The third kappa shape index (κ3) is 2.13. The van der Waals surface area contributed by atoms with Crippen LogP contribution in [-0.4, -0.2) is 12.1 Å². The molecule has 0 aliphatic carbocycles. The molecule has 0 aromatic carbocycles. The number of aromatic nitrogens is 2. The third-order valence-electron chi connectivity index (χ3n) is 2.89. The molecule has 0 saturated heterocycles. The average Bonchev–Trinajstić information content (AvgIpc) is 2.30. The van der Waals surface area contributed by atoms with Crippen LogP contribution < -0.4 is 9.30 Å². The number of hydrogen-bond acceptors (Lipinski definition) is 2. The number of ether oxygens (including phenoxy) is 1. The highest BCUT2D eigenvalue weighted by Crippen LogP contribution is 2.25. The molecule has 3 heteroatoms. The predicted octanol–water partition coefficient (Wildman–Crippen LogP) is 2.20. The van der Waals surface area contributed by atoms with Gasteiger partial charge in [-0.05, 0) is 25.5 Å². The fourth-order valence-corrected chi connectivity index (χ4v) is 2.07. The lowest BCUT2D eigenvalue weighted by molar-refractivity contribution is -0.660. The highest BCUT2D eigenvalue weighted by atomic mass is 16.5. The van der Waals surface area contributed by atoms with Crippen molar-refractivity contribution in [2.75, 3.05) is 7.11 Å². The van der Waals surface area contributed by atoms with Crippen molar-refractivity contribution in [3.05, 3.63) is 41.7 Å². The first-order valence-corrected chi connectivity index (χ1v) is 5.60. The Bertz CT molecular complexity index is 527. The number of pyridine rings is 2. The quantitative estimate of drug-likeness (QED) is 0.738. The van der Waals surface area contributed by atoms with Gasteiger partial charge in [-0.1, -0.05) is 0 Å². The number of hydrogen-bond donors (Lipinski definition) is 0. The van der Waals surface area contributed by atoms with E-state index in [0.717, 1.165) is 11.4 Å². The standard InChI is InChI=1S/C14H17N2O/c1-10-9-13(17-4)15-11(2)14(10)12-7-5-6-8-16(12)3/h5-9H,1-4H3/q+1. The second-order valence-electron chi connectivity index (χ2n) is 4.14. The van der Waals surface area contributed by atoms with Crippen LogP contribution in [0.4, 0.5) is 0 Å². The lowest BCUT2D eigenvalue weighted by atomic mass is 10.0. The van der Waals surface area contributed by atoms with Crippen LogP contribution >= 0.6 is 0 Å². The highest BCUT2D eigenvalue weighted by molar-refractivity contribution is 5.64. The minimum Gasteiger partial charge on any atom is -0.481 e. The van der Waals surface area contributed by atoms with Gasteiger partial charge in [-0.2, -0.15) is 0 Å². The Balaban J connectivity index is 2.64. The van der Waals surface area contributed by atoms with Gasteiger partial charge in [-0.15, -0.1) is 0 Å². The van der Waals surface area contributed by atoms with Crippen molar-refractivity contribution < 1.29 is 9.30 Å². The summed E-state index contributed by atoms with van der Waals surface area (Å²) in [6.07, 6.45) is 2.04. The molecule has 0 atom stereocenters. The van der Waals surface area contributed by atoms with Gasteiger partial charge in [0.1, 0.15) is 7.05 Å². The first-order valence-electron chi connectivity index (χ1n) is 5.60. The van der Waals surface area contributed by atoms with E-state index < -0.39 is 0 Å². The Morgan fingerprint density at radius 2 is 2.00 bits per heavy atom. The van der Waals surface area contributed by atoms with E-state index in [9.17, 15) is 0 Å². The van der Waals surface area contributed by atoms with E-state index in [1.165, 1.54) is 11.1 Å². The summed E-state index contributed by atoms with van der Waals surface area (Å²) in [6.45, 7) is 4.09. The maximum absolute atomic E-state index is 5.18. The largest absolute Gasteiger partial charge is 0.481 e. The van der Waals surface area contributed by atoms with Crippen molar-refractivity contribution in [2.45, 2.75) is 13.8 Å². The van der Waals surface area contributed by atoms with Crippen LogP contribution in [0.3, 0.4) is 0 Å². The molecule has 0 fully saturated rings. The molecule has 3 nitrogen and oxygen atoms in total. The van der Waals surface area contributed by atoms with E-state index >= 15 is 0 Å². The zero-order chi connectivity index (χ0) is 12.4. The summed E-state index contributed by atoms with van der Waals surface area (Å²) >= 11 is 0. The first-order chi connectivity index (χ1) is 8.13. The fourth-order valence-electron chi connectivity index (χ4n) is 2.07. The van der Waals surface area contributed by atoms with Gasteiger partial charge < -0.3 is 4.74 Å². The zero-order valence-electron chi connectivity index (χ0n) is 10.7. The maximum atomic E-state index is 5.18. The SMILES string of the molecule is COc1cc(C)c(-c2cccc[n+]2C)c(C)n1. The zero-order valence-corrected chi connectivity index (χ0v) is 10.7. The Kier molecular flexibility index (Phi) is 3.09. The normalized spacial score (nSPS) is 10.4. The summed E-state index contributed by atoms with van der Waals surface area (Å²) in [5.74, 6) is 0.669. The minimum atomic E-state index is 0.669. The summed E-state index contributed by atoms with van der Waals surface area (Å²) in [5, 5.41) is 0. The summed E-state index contributed by atoms with van der Waals surface area (Å²) in [5.41, 5.74) is 4.51. The molecular weight excluding hydrogens is 212 g/mol. The average molecular weight is 229 g/mol. The van der Waals surface area contributed by atoms with Gasteiger partial charge in [0.25, 0.3) is 0 Å². The van der Waals surface area contributed by atoms with Crippen LogP contribution in [0, 0.1) is 13.8 Å². The summed E-state index contributed by atoms with van der Waals surface area (Å²) in [4.78, 5) is 4.43. The molecule has 0 bridgehead atoms. The van der Waals surface area contributed by atoms with Gasteiger partial charge in [-0.25, -0.2) is 9.55 Å². The Labute approximate surface area is 102 Å². The van der Waals surface area contributed by atoms with E-state index in [0.29, 0.717) is 5.88 Å². The van der Waals surface area contributed by atoms with Crippen LogP contribution in [-0.2, 0) is 7.05 Å². The molecule has 0 spiro atoms. The highest BCUT2D eigenvalue weighted by Gasteiger charge is 2.16. The van der Waals surface area contributed by atoms with Gasteiger partial charge >= 0.3 is 0 Å². The molecule has 2 aromatic rings. The fraction of sp³-hybridized carbons (Fsp3) is 0.286. The van der Waals surface area contributed by atoms with E-state index in [1.807, 2.05) is 38.4 Å². The van der Waals surface area contributed by atoms with Gasteiger partial charge in [0, 0.05) is 18.2 Å². The second-order valence-corrected chi connectivity index (χ2v) is 4.14. The van der Waals surface area contributed by atoms with Gasteiger partial charge in [-0.3, -0.25) is 0 Å². The van der Waals surface area contributed by atoms with Crippen molar-refractivity contribution in [1.29, 1.82) is 0 Å². The van der Waals surface area contributed by atoms with E-state index in [1.54, 1.807) is 7.11 Å². The predicted molar refractivity (Wildman–Crippen MR) is 66.9 cm³/mol. The van der Waals surface area contributed by atoms with E-state index in [4.69, 9.17) is 4.74 Å². The molecule has 88 valence electrons. The monoisotopic (exact) mass is 229 g/mol. The second kappa shape index (κ2) is 4.53. The minimum absolute atomic E-state index is 0.669. The van der Waals surface area contributed by atoms with Gasteiger partial charge in [0.15, 0.2) is 6.20 Å². The molecule has 0 saturated carbocycles. The Morgan fingerprint density at radius 1 is 1.24 bits per heavy atom. The molecule has 2 heterocycles. The van der Waals surface area contributed by atoms with Crippen molar-refractivity contribution in [3.8, 4) is 17.1 Å². The van der Waals surface area contributed by atoms with Crippen LogP contribution in [0.5, 0.6) is 5.88 Å². The Hall–Kier alpha value is -1.90. The molecule has 0 amide bonds. The van der Waals surface area contributed by atoms with Crippen molar-refractivity contribution in [1.82, 2.24) is 4.98 Å². The lowest BCUT2D eigenvalue weighted by Gasteiger charge is -2.09. The number of methoxy groups -OCH3 is 1. The molecule has 0 radical (unpaired) electrons. The molecule has 0 unspecified atom stereocenters. The topological polar surface area (TPSA) is 26.0 Å². The van der Waals surface area contributed by atoms with Crippen LogP contribution in [0.15, 0.2) is 30.5 Å². The maximum Gasteiger partial charge on any atom is 0.214 e. The summed E-state index contributed by atoms with van der Waals surface area (Å²) in [6, 6.07) is 8.13. The van der Waals surface area contributed by atoms with E-state index in [-0.39, 0.29) is 0 Å². The number of nitrogens with zero attached hydrogens (tertiary/aromatic N) is 2. The third-order valence-corrected chi connectivity index (χ3v) is 2.89. The van der Waals surface area contributed by atoms with Crippen molar-refractivity contribution >= 4 is 0 Å². The molecule has 0 aliphatic heterocycles. The molecule has 2 rings (SSSR count). The number of rotatable bonds is 2. The lowest BCUT2D eigenvalue weighted by Crippen LogP contribution is -2.30. The van der Waals surface area contributed by atoms with Gasteiger partial charge in [0.05, 0.1) is 18.4 Å². The molecule has 0 aliphatic rings. The van der Waals surface area contributed by atoms with Crippen molar-refractivity contribution in [2.24, 2.45) is 7.05 Å². The molecule has 17 heavy (non-hydrogen) atoms. The Morgan fingerprint density at radius 3 is 2.59 bits per heavy atom. The van der Waals surface area contributed by atoms with E-state index in [2.05, 4.69) is 22.5 Å². The summed E-state index contributed by atoms with van der Waals surface area (Å²) in [7, 11) is 3.68. The first kappa shape index (κ1) is 11.6. The number of aryl methyl sites for hydroxylation is 3.